The fraction of sp³-hybridized carbons (Fsp3) is 0.0857. The number of rotatable bonds is 6. The van der Waals surface area contributed by atoms with Gasteiger partial charge in [-0.1, -0.05) is 114 Å². The molecule has 0 bridgehead atoms. The first kappa shape index (κ1) is 28.2. The van der Waals surface area contributed by atoms with E-state index in [0.29, 0.717) is 0 Å². The van der Waals surface area contributed by atoms with Crippen LogP contribution in [0.15, 0.2) is 133 Å². The maximum absolute atomic E-state index is 10.5. The van der Waals surface area contributed by atoms with E-state index in [9.17, 15) is 4.79 Å². The van der Waals surface area contributed by atoms with Gasteiger partial charge in [0.15, 0.2) is 0 Å². The molecule has 0 aliphatic carbocycles. The molecule has 0 atom stereocenters. The van der Waals surface area contributed by atoms with Gasteiger partial charge in [-0.3, -0.25) is 4.79 Å². The van der Waals surface area contributed by atoms with E-state index in [2.05, 4.69) is 82.2 Å². The van der Waals surface area contributed by atoms with Crippen LogP contribution in [0.1, 0.15) is 21.5 Å². The number of oxime groups is 1. The quantitative estimate of drug-likeness (QED) is 0.135. The predicted octanol–water partition coefficient (Wildman–Crippen LogP) is 7.96. The number of aldehydes is 1. The molecule has 0 saturated carbocycles. The van der Waals surface area contributed by atoms with E-state index < -0.39 is 0 Å². The summed E-state index contributed by atoms with van der Waals surface area (Å²) < 4.78 is 0. The molecule has 40 heavy (non-hydrogen) atoms. The summed E-state index contributed by atoms with van der Waals surface area (Å²) in [6, 6.07) is 42.8. The highest BCUT2D eigenvalue weighted by Gasteiger charge is 1.96. The molecule has 5 heteroatoms. The largest absolute Gasteiger partial charge is 0.399 e. The lowest BCUT2D eigenvalue weighted by Gasteiger charge is -2.03. The van der Waals surface area contributed by atoms with Crippen molar-refractivity contribution in [3.8, 4) is 0 Å². The first-order valence-electron chi connectivity index (χ1n) is 12.9. The lowest BCUT2D eigenvalue weighted by Crippen LogP contribution is -2.10. The zero-order valence-corrected chi connectivity index (χ0v) is 22.7. The third-order valence-corrected chi connectivity index (χ3v) is 6.22. The summed E-state index contributed by atoms with van der Waals surface area (Å²) >= 11 is 0. The molecule has 0 spiro atoms. The van der Waals surface area contributed by atoms with Crippen molar-refractivity contribution in [2.75, 3.05) is 14.2 Å². The fourth-order valence-electron chi connectivity index (χ4n) is 4.19. The Balaban J connectivity index is 0.000000139. The second-order valence-electron chi connectivity index (χ2n) is 8.95. The number of benzene rings is 6. The Hall–Kier alpha value is -4.84. The van der Waals surface area contributed by atoms with Crippen LogP contribution in [-0.4, -0.2) is 26.7 Å². The molecule has 0 fully saturated rings. The second-order valence-corrected chi connectivity index (χ2v) is 8.95. The van der Waals surface area contributed by atoms with Gasteiger partial charge < -0.3 is 9.68 Å². The number of nitrogens with zero attached hydrogens (tertiary/aromatic N) is 1. The van der Waals surface area contributed by atoms with Crippen molar-refractivity contribution in [2.24, 2.45) is 5.16 Å². The van der Waals surface area contributed by atoms with Crippen LogP contribution in [0.4, 0.5) is 0 Å². The lowest BCUT2D eigenvalue weighted by molar-refractivity contribution is 0.0867. The molecule has 6 aromatic rings. The highest BCUT2D eigenvalue weighted by Crippen LogP contribution is 2.16. The molecule has 0 saturated heterocycles. The first-order chi connectivity index (χ1) is 19.7. The van der Waals surface area contributed by atoms with Crippen molar-refractivity contribution in [3.05, 3.63) is 144 Å². The van der Waals surface area contributed by atoms with Gasteiger partial charge in [0.2, 0.25) is 0 Å². The summed E-state index contributed by atoms with van der Waals surface area (Å²) in [6.45, 7) is 0.737. The molecule has 200 valence electrons. The van der Waals surface area contributed by atoms with Gasteiger partial charge in [0, 0.05) is 12.1 Å². The molecule has 6 aromatic carbocycles. The Bertz CT molecular complexity index is 1710. The van der Waals surface area contributed by atoms with Crippen molar-refractivity contribution < 1.29 is 14.5 Å². The summed E-state index contributed by atoms with van der Waals surface area (Å²) in [5.41, 5.74) is 5.83. The van der Waals surface area contributed by atoms with Gasteiger partial charge in [-0.2, -0.15) is 5.48 Å². The van der Waals surface area contributed by atoms with Crippen LogP contribution in [-0.2, 0) is 16.2 Å². The van der Waals surface area contributed by atoms with E-state index >= 15 is 0 Å². The third-order valence-electron chi connectivity index (χ3n) is 6.22. The van der Waals surface area contributed by atoms with Crippen LogP contribution in [0.3, 0.4) is 0 Å². The first-order valence-corrected chi connectivity index (χ1v) is 12.9. The molecule has 5 nitrogen and oxygen atoms in total. The molecule has 0 aromatic heterocycles. The topological polar surface area (TPSA) is 59.9 Å². The highest BCUT2D eigenvalue weighted by molar-refractivity contribution is 5.90. The molecule has 0 radical (unpaired) electrons. The van der Waals surface area contributed by atoms with Crippen LogP contribution in [0, 0.1) is 0 Å². The normalized spacial score (nSPS) is 10.6. The molecule has 0 aliphatic rings. The average Bonchev–Trinajstić information content (AvgIpc) is 3.03. The maximum Gasteiger partial charge on any atom is 0.150 e. The molecule has 0 unspecified atom stereocenters. The van der Waals surface area contributed by atoms with Crippen molar-refractivity contribution >= 4 is 44.8 Å². The predicted molar refractivity (Wildman–Crippen MR) is 166 cm³/mol. The molecular formula is C35H32N2O3. The van der Waals surface area contributed by atoms with E-state index in [1.54, 1.807) is 13.3 Å². The van der Waals surface area contributed by atoms with Gasteiger partial charge in [-0.15, -0.1) is 0 Å². The monoisotopic (exact) mass is 528 g/mol. The van der Waals surface area contributed by atoms with Crippen LogP contribution >= 0.6 is 0 Å². The van der Waals surface area contributed by atoms with Gasteiger partial charge in [-0.05, 0) is 61.6 Å². The van der Waals surface area contributed by atoms with Crippen molar-refractivity contribution in [3.63, 3.8) is 0 Å². The van der Waals surface area contributed by atoms with Crippen molar-refractivity contribution in [2.45, 2.75) is 6.54 Å². The summed E-state index contributed by atoms with van der Waals surface area (Å²) in [7, 11) is 3.17. The summed E-state index contributed by atoms with van der Waals surface area (Å²) in [4.78, 5) is 19.9. The van der Waals surface area contributed by atoms with Gasteiger partial charge in [-0.25, -0.2) is 0 Å². The number of carbonyl (C=O) groups is 1. The number of hydrogen-bond acceptors (Lipinski definition) is 5. The number of fused-ring (bicyclic) bond motifs is 3. The smallest absolute Gasteiger partial charge is 0.150 e. The number of hydrogen-bond donors (Lipinski definition) is 1. The Kier molecular flexibility index (Phi) is 10.5. The second kappa shape index (κ2) is 14.9. The summed E-state index contributed by atoms with van der Waals surface area (Å²) in [6.07, 6.45) is 2.57. The SMILES string of the molecule is CON=Cc1ccc2ccccc2c1.CONCc1ccc2ccccc2c1.O=Cc1ccc2ccccc2c1. The Morgan fingerprint density at radius 1 is 0.600 bits per heavy atom. The van der Waals surface area contributed by atoms with E-state index in [-0.39, 0.29) is 0 Å². The van der Waals surface area contributed by atoms with E-state index in [4.69, 9.17) is 4.84 Å². The Labute approximate surface area is 234 Å². The fourth-order valence-corrected chi connectivity index (χ4v) is 4.19. The molecule has 0 heterocycles. The van der Waals surface area contributed by atoms with Gasteiger partial charge in [0.25, 0.3) is 0 Å². The van der Waals surface area contributed by atoms with Gasteiger partial charge in [0.1, 0.15) is 13.4 Å². The zero-order chi connectivity index (χ0) is 28.0. The average molecular weight is 529 g/mol. The molecule has 0 aliphatic heterocycles. The van der Waals surface area contributed by atoms with Crippen LogP contribution in [0.25, 0.3) is 32.3 Å². The molecule has 6 rings (SSSR count). The summed E-state index contributed by atoms with van der Waals surface area (Å²) in [5.74, 6) is 0. The van der Waals surface area contributed by atoms with Gasteiger partial charge >= 0.3 is 0 Å². The molecule has 1 N–H and O–H groups in total. The number of nitrogens with one attached hydrogen (secondary N) is 1. The van der Waals surface area contributed by atoms with E-state index in [1.807, 2.05) is 60.7 Å². The maximum atomic E-state index is 10.5. The zero-order valence-electron chi connectivity index (χ0n) is 22.7. The third kappa shape index (κ3) is 8.08. The van der Waals surface area contributed by atoms with Crippen LogP contribution < -0.4 is 5.48 Å². The van der Waals surface area contributed by atoms with E-state index in [0.717, 1.165) is 29.3 Å². The van der Waals surface area contributed by atoms with E-state index in [1.165, 1.54) is 39.6 Å². The lowest BCUT2D eigenvalue weighted by atomic mass is 10.1. The van der Waals surface area contributed by atoms with Crippen LogP contribution in [0.2, 0.25) is 0 Å². The Morgan fingerprint density at radius 3 is 1.60 bits per heavy atom. The number of carbonyl (C=O) groups excluding carboxylic acids is 1. The minimum Gasteiger partial charge on any atom is -0.399 e. The van der Waals surface area contributed by atoms with Crippen molar-refractivity contribution in [1.82, 2.24) is 5.48 Å². The molecular weight excluding hydrogens is 496 g/mol. The number of hydroxylamine groups is 1. The standard InChI is InChI=1S/C12H13NO.C12H11NO.C11H8O/c2*1-14-13-9-10-6-7-11-4-2-3-5-12(11)8-10;12-8-9-5-6-10-3-1-2-4-11(10)7-9/h2-8,13H,9H2,1H3;2-9H,1H3;1-8H. The summed E-state index contributed by atoms with van der Waals surface area (Å²) in [5, 5.41) is 11.0. The Morgan fingerprint density at radius 2 is 1.07 bits per heavy atom. The minimum atomic E-state index is 0.730. The minimum absolute atomic E-state index is 0.730. The highest BCUT2D eigenvalue weighted by atomic mass is 16.6. The van der Waals surface area contributed by atoms with Crippen LogP contribution in [0.5, 0.6) is 0 Å². The molecule has 0 amide bonds. The van der Waals surface area contributed by atoms with Gasteiger partial charge in [0.05, 0.1) is 13.3 Å². The van der Waals surface area contributed by atoms with Crippen molar-refractivity contribution in [1.29, 1.82) is 0 Å².